The van der Waals surface area contributed by atoms with Crippen LogP contribution >= 0.6 is 12.2 Å². The number of carbonyl (C=O) groups is 2. The van der Waals surface area contributed by atoms with E-state index >= 15 is 0 Å². The molecule has 25 heavy (non-hydrogen) atoms. The molecule has 0 atom stereocenters. The maximum absolute atomic E-state index is 11.7. The van der Waals surface area contributed by atoms with Crippen molar-refractivity contribution in [2.45, 2.75) is 6.92 Å². The average Bonchev–Trinajstić information content (AvgIpc) is 2.60. The van der Waals surface area contributed by atoms with Crippen LogP contribution in [0.5, 0.6) is 5.75 Å². The molecule has 0 spiro atoms. The molecular formula is C17H18N4O3S. The summed E-state index contributed by atoms with van der Waals surface area (Å²) in [6.45, 7) is 1.25. The highest BCUT2D eigenvalue weighted by molar-refractivity contribution is 7.80. The quantitative estimate of drug-likeness (QED) is 0.483. The maximum Gasteiger partial charge on any atom is 0.276 e. The smallest absolute Gasteiger partial charge is 0.276 e. The molecule has 0 fully saturated rings. The molecule has 8 heteroatoms. The summed E-state index contributed by atoms with van der Waals surface area (Å²) >= 11 is 5.07. The second-order valence-corrected chi connectivity index (χ2v) is 5.40. The Bertz CT molecular complexity index is 735. The van der Waals surface area contributed by atoms with E-state index < -0.39 is 0 Å². The summed E-state index contributed by atoms with van der Waals surface area (Å²) in [5.41, 5.74) is 6.49. The van der Waals surface area contributed by atoms with Crippen LogP contribution in [0.4, 0.5) is 11.4 Å². The van der Waals surface area contributed by atoms with E-state index in [2.05, 4.69) is 21.5 Å². The zero-order valence-electron chi connectivity index (χ0n) is 13.5. The van der Waals surface area contributed by atoms with Crippen LogP contribution in [0.25, 0.3) is 0 Å². The van der Waals surface area contributed by atoms with E-state index in [0.717, 1.165) is 5.69 Å². The Morgan fingerprint density at radius 1 is 0.920 bits per heavy atom. The van der Waals surface area contributed by atoms with E-state index in [4.69, 9.17) is 17.0 Å². The number of para-hydroxylation sites is 1. The van der Waals surface area contributed by atoms with Crippen molar-refractivity contribution in [3.05, 3.63) is 54.6 Å². The normalized spacial score (nSPS) is 9.64. The first-order chi connectivity index (χ1) is 12.0. The second-order valence-electron chi connectivity index (χ2n) is 4.99. The Morgan fingerprint density at radius 2 is 1.56 bits per heavy atom. The number of thiocarbonyl (C=S) groups is 1. The molecule has 2 amide bonds. The van der Waals surface area contributed by atoms with Crippen LogP contribution in [-0.2, 0) is 9.59 Å². The van der Waals surface area contributed by atoms with Crippen LogP contribution in [-0.4, -0.2) is 23.5 Å². The van der Waals surface area contributed by atoms with Crippen molar-refractivity contribution < 1.29 is 14.3 Å². The average molecular weight is 358 g/mol. The Balaban J connectivity index is 1.70. The van der Waals surface area contributed by atoms with Crippen molar-refractivity contribution in [1.29, 1.82) is 0 Å². The van der Waals surface area contributed by atoms with Crippen molar-refractivity contribution in [2.75, 3.05) is 17.2 Å². The number of benzene rings is 2. The molecule has 0 aliphatic rings. The summed E-state index contributed by atoms with van der Waals surface area (Å²) < 4.78 is 5.35. The fourth-order valence-corrected chi connectivity index (χ4v) is 2.00. The lowest BCUT2D eigenvalue weighted by molar-refractivity contribution is -0.123. The summed E-state index contributed by atoms with van der Waals surface area (Å²) in [7, 11) is 0. The summed E-state index contributed by atoms with van der Waals surface area (Å²) in [5, 5.41) is 5.83. The minimum Gasteiger partial charge on any atom is -0.484 e. The van der Waals surface area contributed by atoms with Gasteiger partial charge in [-0.1, -0.05) is 18.2 Å². The Hall–Kier alpha value is -3.13. The van der Waals surface area contributed by atoms with Gasteiger partial charge in [-0.25, -0.2) is 0 Å². The molecular weight excluding hydrogens is 340 g/mol. The lowest BCUT2D eigenvalue weighted by Gasteiger charge is -2.12. The van der Waals surface area contributed by atoms with Crippen molar-refractivity contribution in [1.82, 2.24) is 10.9 Å². The van der Waals surface area contributed by atoms with E-state index in [1.165, 1.54) is 6.92 Å². The van der Waals surface area contributed by atoms with Gasteiger partial charge in [-0.3, -0.25) is 20.4 Å². The third-order valence-corrected chi connectivity index (χ3v) is 3.10. The Kier molecular flexibility index (Phi) is 6.73. The van der Waals surface area contributed by atoms with Crippen LogP contribution in [0.2, 0.25) is 0 Å². The number of ether oxygens (including phenoxy) is 1. The van der Waals surface area contributed by atoms with Crippen LogP contribution in [0.3, 0.4) is 0 Å². The molecule has 0 heterocycles. The molecule has 0 bridgehead atoms. The lowest BCUT2D eigenvalue weighted by Crippen LogP contribution is -2.45. The second kappa shape index (κ2) is 9.24. The molecule has 0 aliphatic carbocycles. The van der Waals surface area contributed by atoms with Crippen molar-refractivity contribution >= 4 is 40.5 Å². The number of nitrogens with one attached hydrogen (secondary N) is 4. The zero-order chi connectivity index (χ0) is 18.1. The van der Waals surface area contributed by atoms with Gasteiger partial charge in [0, 0.05) is 18.3 Å². The number of hydrogen-bond donors (Lipinski definition) is 4. The molecule has 0 saturated heterocycles. The van der Waals surface area contributed by atoms with Gasteiger partial charge in [0.25, 0.3) is 5.91 Å². The molecule has 0 radical (unpaired) electrons. The van der Waals surface area contributed by atoms with Gasteiger partial charge in [-0.15, -0.1) is 0 Å². The summed E-state index contributed by atoms with van der Waals surface area (Å²) in [5.74, 6) is -0.0309. The van der Waals surface area contributed by atoms with Crippen LogP contribution in [0, 0.1) is 0 Å². The fourth-order valence-electron chi connectivity index (χ4n) is 1.83. The van der Waals surface area contributed by atoms with Gasteiger partial charge in [-0.05, 0) is 48.6 Å². The zero-order valence-corrected chi connectivity index (χ0v) is 14.4. The number of amides is 2. The summed E-state index contributed by atoms with van der Waals surface area (Å²) in [6.07, 6.45) is 0. The number of carbonyl (C=O) groups excluding carboxylic acids is 2. The van der Waals surface area contributed by atoms with Gasteiger partial charge < -0.3 is 15.4 Å². The molecule has 2 aromatic rings. The highest BCUT2D eigenvalue weighted by Crippen LogP contribution is 2.15. The molecule has 0 unspecified atom stereocenters. The van der Waals surface area contributed by atoms with Crippen LogP contribution in [0.1, 0.15) is 6.92 Å². The van der Waals surface area contributed by atoms with E-state index in [1.54, 1.807) is 24.3 Å². The number of anilines is 2. The number of rotatable bonds is 5. The van der Waals surface area contributed by atoms with E-state index in [1.807, 2.05) is 30.3 Å². The molecule has 4 N–H and O–H groups in total. The minimum atomic E-state index is -0.386. The topological polar surface area (TPSA) is 91.5 Å². The van der Waals surface area contributed by atoms with Gasteiger partial charge in [0.05, 0.1) is 0 Å². The van der Waals surface area contributed by atoms with Gasteiger partial charge in [-0.2, -0.15) is 0 Å². The van der Waals surface area contributed by atoms with Gasteiger partial charge in [0.15, 0.2) is 11.7 Å². The first kappa shape index (κ1) is 18.2. The predicted octanol–water partition coefficient (Wildman–Crippen LogP) is 2.04. The fraction of sp³-hybridized carbons (Fsp3) is 0.118. The molecule has 0 aliphatic heterocycles. The van der Waals surface area contributed by atoms with Gasteiger partial charge >= 0.3 is 0 Å². The Labute approximate surface area is 150 Å². The van der Waals surface area contributed by atoms with Gasteiger partial charge in [0.2, 0.25) is 5.91 Å². The van der Waals surface area contributed by atoms with Crippen molar-refractivity contribution in [2.24, 2.45) is 0 Å². The summed E-state index contributed by atoms with van der Waals surface area (Å²) in [6, 6.07) is 16.0. The third-order valence-electron chi connectivity index (χ3n) is 2.89. The molecule has 7 nitrogen and oxygen atoms in total. The molecule has 0 aromatic heterocycles. The first-order valence-electron chi connectivity index (χ1n) is 7.44. The van der Waals surface area contributed by atoms with E-state index in [9.17, 15) is 9.59 Å². The number of hydrogen-bond acceptors (Lipinski definition) is 4. The molecule has 0 saturated carbocycles. The molecule has 2 rings (SSSR count). The van der Waals surface area contributed by atoms with E-state index in [-0.39, 0.29) is 23.5 Å². The van der Waals surface area contributed by atoms with Crippen molar-refractivity contribution in [3.8, 4) is 5.75 Å². The minimum absolute atomic E-state index is 0.154. The molecule has 2 aromatic carbocycles. The van der Waals surface area contributed by atoms with Crippen LogP contribution < -0.4 is 26.2 Å². The summed E-state index contributed by atoms with van der Waals surface area (Å²) in [4.78, 5) is 22.7. The van der Waals surface area contributed by atoms with E-state index in [0.29, 0.717) is 11.4 Å². The highest BCUT2D eigenvalue weighted by atomic mass is 32.1. The Morgan fingerprint density at radius 3 is 2.20 bits per heavy atom. The maximum atomic E-state index is 11.7. The SMILES string of the molecule is CC(=O)Nc1ccc(OCC(=O)NNC(=S)Nc2ccccc2)cc1. The number of hydrazine groups is 1. The first-order valence-corrected chi connectivity index (χ1v) is 7.85. The predicted molar refractivity (Wildman–Crippen MR) is 100 cm³/mol. The van der Waals surface area contributed by atoms with Crippen LogP contribution in [0.15, 0.2) is 54.6 Å². The monoisotopic (exact) mass is 358 g/mol. The van der Waals surface area contributed by atoms with Crippen molar-refractivity contribution in [3.63, 3.8) is 0 Å². The largest absolute Gasteiger partial charge is 0.484 e. The standard InChI is InChI=1S/C17H18N4O3S/c1-12(22)18-14-7-9-15(10-8-14)24-11-16(23)20-21-17(25)19-13-5-3-2-4-6-13/h2-10H,11H2,1H3,(H,18,22)(H,20,23)(H2,19,21,25). The third kappa shape index (κ3) is 6.88. The lowest BCUT2D eigenvalue weighted by atomic mass is 10.3. The van der Waals surface area contributed by atoms with Gasteiger partial charge in [0.1, 0.15) is 5.75 Å². The highest BCUT2D eigenvalue weighted by Gasteiger charge is 2.04. The molecule has 130 valence electrons.